The molecule has 0 spiro atoms. The number of fused-ring (bicyclic) bond motifs is 7. The van der Waals surface area contributed by atoms with Crippen molar-refractivity contribution in [2.24, 2.45) is 56.7 Å². The van der Waals surface area contributed by atoms with Gasteiger partial charge in [0.15, 0.2) is 24.8 Å². The summed E-state index contributed by atoms with van der Waals surface area (Å²) in [5.74, 6) is -1.59. The summed E-state index contributed by atoms with van der Waals surface area (Å²) in [5, 5.41) is 44.6. The number of carbonyl (C=O) groups is 4. The lowest BCUT2D eigenvalue weighted by atomic mass is 9.32. The zero-order valence-corrected chi connectivity index (χ0v) is 38.1. The first kappa shape index (κ1) is 47.5. The van der Waals surface area contributed by atoms with E-state index in [0.29, 0.717) is 25.2 Å². The highest BCUT2D eigenvalue weighted by Crippen LogP contribution is 2.77. The molecule has 4 unspecified atom stereocenters. The fraction of sp³-hybridized carbons (Fsp3) is 0.872. The van der Waals surface area contributed by atoms with Gasteiger partial charge in [0, 0.05) is 26.2 Å². The smallest absolute Gasteiger partial charge is 0.320 e. The standard InChI is InChI=1S/C47H72O15/c1-23(2)28-13-18-47(42(55)60-27(6)51)20-19-45(9)29(34(28)47)11-12-32-43(7)16-15-33(44(8,22-48)31(43)14-17-46(32,45)10)61-40-38(36(54)30(52)21-56-40)62-41-39(59-26(5)50)37(58-25(4)49)35(53)24(3)57-41/h24,28-41,48,52-54H,1,11-22H2,2-10H3/t24-,28-,29?,30-,31+,32?,33-,34?,35-,36-,37+,38+,39+,40-,41?,43-,44-,45+,46+,47-/m0/s1. The van der Waals surface area contributed by atoms with Crippen LogP contribution in [-0.2, 0) is 52.3 Å². The number of carbonyl (C=O) groups excluding carboxylic acids is 4. The van der Waals surface area contributed by atoms with Gasteiger partial charge in [0.1, 0.15) is 24.4 Å². The summed E-state index contributed by atoms with van der Waals surface area (Å²) >= 11 is 0. The van der Waals surface area contributed by atoms with Crippen molar-refractivity contribution >= 4 is 23.9 Å². The van der Waals surface area contributed by atoms with E-state index in [1.54, 1.807) is 0 Å². The molecule has 0 radical (unpaired) electrons. The van der Waals surface area contributed by atoms with Gasteiger partial charge in [-0.15, -0.1) is 0 Å². The molecule has 0 aromatic heterocycles. The normalized spacial score (nSPS) is 49.9. The Bertz CT molecular complexity index is 1750. The van der Waals surface area contributed by atoms with Crippen LogP contribution in [0.5, 0.6) is 0 Å². The summed E-state index contributed by atoms with van der Waals surface area (Å²) in [6.45, 7) is 20.6. The van der Waals surface area contributed by atoms with Crippen LogP contribution in [0.3, 0.4) is 0 Å². The molecule has 7 rings (SSSR count). The Morgan fingerprint density at radius 1 is 0.710 bits per heavy atom. The van der Waals surface area contributed by atoms with E-state index in [-0.39, 0.29) is 59.1 Å². The molecule has 62 heavy (non-hydrogen) atoms. The second-order valence-electron chi connectivity index (χ2n) is 21.3. The number of allylic oxidation sites excluding steroid dienone is 1. The van der Waals surface area contributed by atoms with Crippen LogP contribution in [0.15, 0.2) is 12.2 Å². The summed E-state index contributed by atoms with van der Waals surface area (Å²) < 4.78 is 41.4. The van der Waals surface area contributed by atoms with Crippen LogP contribution >= 0.6 is 0 Å². The molecule has 0 bridgehead atoms. The van der Waals surface area contributed by atoms with Crippen LogP contribution in [0.25, 0.3) is 0 Å². The molecule has 0 aromatic carbocycles. The summed E-state index contributed by atoms with van der Waals surface area (Å²) in [6.07, 6.45) is -4.54. The minimum atomic E-state index is -1.53. The highest BCUT2D eigenvalue weighted by Gasteiger charge is 2.73. The topological polar surface area (TPSA) is 214 Å². The molecule has 2 aliphatic heterocycles. The average Bonchev–Trinajstić information content (AvgIpc) is 3.60. The van der Waals surface area contributed by atoms with Crippen molar-refractivity contribution in [2.45, 2.75) is 188 Å². The Hall–Kier alpha value is -2.50. The first-order valence-corrected chi connectivity index (χ1v) is 22.9. The predicted molar refractivity (Wildman–Crippen MR) is 220 cm³/mol. The molecular formula is C47H72O15. The van der Waals surface area contributed by atoms with E-state index in [1.165, 1.54) is 13.8 Å². The summed E-state index contributed by atoms with van der Waals surface area (Å²) in [6, 6.07) is 0. The van der Waals surface area contributed by atoms with E-state index in [0.717, 1.165) is 64.4 Å². The summed E-state index contributed by atoms with van der Waals surface area (Å²) in [4.78, 5) is 50.4. The third-order valence-corrected chi connectivity index (χ3v) is 18.2. The van der Waals surface area contributed by atoms with Gasteiger partial charge in [-0.2, -0.15) is 0 Å². The third-order valence-electron chi connectivity index (χ3n) is 18.2. The van der Waals surface area contributed by atoms with E-state index < -0.39 is 90.1 Å². The predicted octanol–water partition coefficient (Wildman–Crippen LogP) is 4.52. The number of rotatable bonds is 9. The average molecular weight is 877 g/mol. The van der Waals surface area contributed by atoms with Crippen LogP contribution in [0.1, 0.15) is 127 Å². The van der Waals surface area contributed by atoms with Crippen molar-refractivity contribution in [2.75, 3.05) is 13.2 Å². The minimum Gasteiger partial charge on any atom is -0.455 e. The van der Waals surface area contributed by atoms with Gasteiger partial charge in [-0.3, -0.25) is 19.2 Å². The molecule has 2 saturated heterocycles. The largest absolute Gasteiger partial charge is 0.455 e. The zero-order valence-electron chi connectivity index (χ0n) is 38.1. The summed E-state index contributed by atoms with van der Waals surface area (Å²) in [7, 11) is 0. The fourth-order valence-corrected chi connectivity index (χ4v) is 15.0. The molecule has 5 saturated carbocycles. The van der Waals surface area contributed by atoms with Gasteiger partial charge in [-0.1, -0.05) is 39.8 Å². The highest BCUT2D eigenvalue weighted by atomic mass is 16.8. The van der Waals surface area contributed by atoms with Crippen molar-refractivity contribution in [3.05, 3.63) is 12.2 Å². The first-order chi connectivity index (χ1) is 29.0. The number of ether oxygens (including phenoxy) is 7. The number of aliphatic hydroxyl groups excluding tert-OH is 4. The molecule has 2 heterocycles. The van der Waals surface area contributed by atoms with Crippen LogP contribution in [0.4, 0.5) is 0 Å². The molecular weight excluding hydrogens is 805 g/mol. The van der Waals surface area contributed by atoms with Gasteiger partial charge in [-0.25, -0.2) is 0 Å². The number of esters is 4. The second kappa shape index (κ2) is 17.1. The molecule has 15 heteroatoms. The van der Waals surface area contributed by atoms with E-state index in [4.69, 9.17) is 33.2 Å². The van der Waals surface area contributed by atoms with Crippen LogP contribution in [0.2, 0.25) is 0 Å². The van der Waals surface area contributed by atoms with Crippen LogP contribution in [0, 0.1) is 56.7 Å². The van der Waals surface area contributed by atoms with Gasteiger partial charge in [0.05, 0.1) is 30.8 Å². The Kier molecular flexibility index (Phi) is 13.1. The van der Waals surface area contributed by atoms with E-state index in [2.05, 4.69) is 41.2 Å². The number of hydrogen-bond acceptors (Lipinski definition) is 15. The Labute approximate surface area is 365 Å². The van der Waals surface area contributed by atoms with Gasteiger partial charge in [0.25, 0.3) is 0 Å². The minimum absolute atomic E-state index is 0.0418. The zero-order chi connectivity index (χ0) is 45.5. The molecule has 20 atom stereocenters. The van der Waals surface area contributed by atoms with E-state index >= 15 is 0 Å². The van der Waals surface area contributed by atoms with Crippen LogP contribution in [-0.4, -0.2) is 119 Å². The van der Waals surface area contributed by atoms with Crippen molar-refractivity contribution in [3.8, 4) is 0 Å². The fourth-order valence-electron chi connectivity index (χ4n) is 15.0. The van der Waals surface area contributed by atoms with E-state index in [9.17, 15) is 39.6 Å². The second-order valence-corrected chi connectivity index (χ2v) is 21.3. The van der Waals surface area contributed by atoms with Crippen molar-refractivity contribution in [3.63, 3.8) is 0 Å². The maximum atomic E-state index is 13.9. The molecule has 7 aliphatic rings. The first-order valence-electron chi connectivity index (χ1n) is 22.9. The summed E-state index contributed by atoms with van der Waals surface area (Å²) in [5.41, 5.74) is -0.726. The maximum Gasteiger partial charge on any atom is 0.320 e. The number of aliphatic hydroxyl groups is 4. The molecule has 7 fully saturated rings. The lowest BCUT2D eigenvalue weighted by Crippen LogP contribution is -2.68. The lowest BCUT2D eigenvalue weighted by molar-refractivity contribution is -0.366. The Morgan fingerprint density at radius 3 is 2.02 bits per heavy atom. The monoisotopic (exact) mass is 876 g/mol. The SMILES string of the molecule is C=C(C)[C@@H]1CC[C@]2(C(=O)OC(C)=O)CC[C@]3(C)C(CCC4[C@@]5(C)CC[C@H](O[C@@H]6OC[C@H](O)[C@H](O)[C@H]6OC6O[C@@H](C)[C@H](O)[C@@H](OC(C)=O)[C@H]6OC(C)=O)[C@@](C)(CO)[C@@H]5CC[C@]43C)C12. The Balaban J connectivity index is 1.14. The highest BCUT2D eigenvalue weighted by molar-refractivity contribution is 5.88. The molecule has 5 aliphatic carbocycles. The van der Waals surface area contributed by atoms with Crippen molar-refractivity contribution in [1.29, 1.82) is 0 Å². The molecule has 0 aromatic rings. The molecule has 15 nitrogen and oxygen atoms in total. The van der Waals surface area contributed by atoms with Gasteiger partial charge in [0.2, 0.25) is 0 Å². The third kappa shape index (κ3) is 7.49. The quantitative estimate of drug-likeness (QED) is 0.0824. The van der Waals surface area contributed by atoms with Gasteiger partial charge >= 0.3 is 23.9 Å². The maximum absolute atomic E-state index is 13.9. The van der Waals surface area contributed by atoms with E-state index in [1.807, 2.05) is 0 Å². The molecule has 4 N–H and O–H groups in total. The van der Waals surface area contributed by atoms with Crippen molar-refractivity contribution < 1.29 is 72.8 Å². The van der Waals surface area contributed by atoms with Crippen molar-refractivity contribution in [1.82, 2.24) is 0 Å². The van der Waals surface area contributed by atoms with Gasteiger partial charge in [-0.05, 0) is 124 Å². The Morgan fingerprint density at radius 2 is 1.39 bits per heavy atom. The van der Waals surface area contributed by atoms with Gasteiger partial charge < -0.3 is 53.6 Å². The lowest BCUT2D eigenvalue weighted by Gasteiger charge is -2.73. The van der Waals surface area contributed by atoms with Crippen LogP contribution < -0.4 is 0 Å². The number of hydrogen-bond donors (Lipinski definition) is 4. The molecule has 0 amide bonds. The molecule has 350 valence electrons.